The number of ether oxygens (including phenoxy) is 2. The minimum Gasteiger partial charge on any atom is -0.462 e. The maximum atomic E-state index is 12.6. The van der Waals surface area contributed by atoms with Crippen molar-refractivity contribution in [2.24, 2.45) is 0 Å². The Labute approximate surface area is 372 Å². The molecule has 0 heterocycles. The summed E-state index contributed by atoms with van der Waals surface area (Å²) < 4.78 is 32.8. The number of carbonyl (C=O) groups excluding carboxylic acids is 2. The van der Waals surface area contributed by atoms with Crippen molar-refractivity contribution < 1.29 is 47.8 Å². The Kier molecular flexibility index (Phi) is 43.9. The molecule has 0 radical (unpaired) electrons. The summed E-state index contributed by atoms with van der Waals surface area (Å²) in [5.74, 6) is -0.946. The Morgan fingerprint density at radius 2 is 0.902 bits per heavy atom. The first-order chi connectivity index (χ1) is 29.7. The molecule has 0 aromatic carbocycles. The zero-order valence-corrected chi connectivity index (χ0v) is 39.5. The number of hydrogen-bond donors (Lipinski definition) is 3. The van der Waals surface area contributed by atoms with Crippen LogP contribution in [0.25, 0.3) is 0 Å². The fraction of sp³-hybridized carbons (Fsp3) is 0.760. The Hall–Kier alpha value is -2.33. The number of phosphoric acid groups is 1. The second-order valence-corrected chi connectivity index (χ2v) is 17.6. The Morgan fingerprint density at radius 1 is 0.508 bits per heavy atom. The number of aliphatic hydroxyl groups is 2. The topological polar surface area (TPSA) is 149 Å². The van der Waals surface area contributed by atoms with Gasteiger partial charge in [0, 0.05) is 12.8 Å². The number of aliphatic hydroxyl groups excluding tert-OH is 2. The zero-order valence-electron chi connectivity index (χ0n) is 38.6. The van der Waals surface area contributed by atoms with Crippen molar-refractivity contribution in [1.29, 1.82) is 0 Å². The molecule has 0 fully saturated rings. The highest BCUT2D eigenvalue weighted by Gasteiger charge is 2.27. The molecule has 0 aliphatic carbocycles. The predicted octanol–water partition coefficient (Wildman–Crippen LogP) is 13.5. The Balaban J connectivity index is 4.19. The van der Waals surface area contributed by atoms with Crippen LogP contribution < -0.4 is 0 Å². The number of esters is 2. The van der Waals surface area contributed by atoms with Crippen molar-refractivity contribution in [3.8, 4) is 0 Å². The molecular weight excluding hydrogens is 792 g/mol. The predicted molar refractivity (Wildman–Crippen MR) is 251 cm³/mol. The van der Waals surface area contributed by atoms with Crippen molar-refractivity contribution in [1.82, 2.24) is 0 Å². The Morgan fingerprint density at radius 3 is 1.36 bits per heavy atom. The van der Waals surface area contributed by atoms with E-state index in [1.54, 1.807) is 0 Å². The van der Waals surface area contributed by atoms with Gasteiger partial charge in [0.25, 0.3) is 0 Å². The van der Waals surface area contributed by atoms with Crippen LogP contribution in [-0.4, -0.2) is 65.7 Å². The first-order valence-corrected chi connectivity index (χ1v) is 25.7. The fourth-order valence-electron chi connectivity index (χ4n) is 6.45. The van der Waals surface area contributed by atoms with Gasteiger partial charge in [-0.2, -0.15) is 0 Å². The second-order valence-electron chi connectivity index (χ2n) is 16.1. The molecule has 0 rings (SSSR count). The molecule has 0 aromatic heterocycles. The lowest BCUT2D eigenvalue weighted by atomic mass is 10.0. The number of carbonyl (C=O) groups is 2. The molecule has 3 unspecified atom stereocenters. The van der Waals surface area contributed by atoms with Gasteiger partial charge in [0.05, 0.1) is 19.8 Å². The smallest absolute Gasteiger partial charge is 0.462 e. The van der Waals surface area contributed by atoms with E-state index in [0.29, 0.717) is 12.8 Å². The average Bonchev–Trinajstić information content (AvgIpc) is 3.25. The van der Waals surface area contributed by atoms with Crippen LogP contribution in [0.15, 0.2) is 60.8 Å². The van der Waals surface area contributed by atoms with E-state index < -0.39 is 51.8 Å². The molecule has 3 atom stereocenters. The second kappa shape index (κ2) is 45.7. The molecule has 0 aliphatic heterocycles. The van der Waals surface area contributed by atoms with E-state index in [-0.39, 0.29) is 19.4 Å². The van der Waals surface area contributed by atoms with E-state index in [1.165, 1.54) is 89.9 Å². The van der Waals surface area contributed by atoms with Crippen molar-refractivity contribution in [3.05, 3.63) is 60.8 Å². The van der Waals surface area contributed by atoms with Gasteiger partial charge in [0.1, 0.15) is 12.7 Å². The van der Waals surface area contributed by atoms with E-state index in [9.17, 15) is 24.2 Å². The lowest BCUT2D eigenvalue weighted by Crippen LogP contribution is -2.29. The number of hydrogen-bond acceptors (Lipinski definition) is 9. The van der Waals surface area contributed by atoms with Crippen LogP contribution in [0.5, 0.6) is 0 Å². The van der Waals surface area contributed by atoms with Crippen LogP contribution in [-0.2, 0) is 32.7 Å². The Bertz CT molecular complexity index is 1200. The minimum atomic E-state index is -4.63. The molecule has 0 saturated carbocycles. The van der Waals surface area contributed by atoms with Crippen molar-refractivity contribution >= 4 is 19.8 Å². The zero-order chi connectivity index (χ0) is 44.8. The third-order valence-corrected chi connectivity index (χ3v) is 11.1. The molecule has 0 saturated heterocycles. The van der Waals surface area contributed by atoms with Gasteiger partial charge in [-0.25, -0.2) is 4.57 Å². The third-order valence-electron chi connectivity index (χ3n) is 10.2. The highest BCUT2D eigenvalue weighted by Crippen LogP contribution is 2.43. The first kappa shape index (κ1) is 58.7. The maximum Gasteiger partial charge on any atom is 0.472 e. The summed E-state index contributed by atoms with van der Waals surface area (Å²) in [4.78, 5) is 35.1. The van der Waals surface area contributed by atoms with E-state index in [2.05, 4.69) is 74.6 Å². The lowest BCUT2D eigenvalue weighted by Gasteiger charge is -2.20. The van der Waals surface area contributed by atoms with Crippen LogP contribution in [0.1, 0.15) is 206 Å². The molecule has 354 valence electrons. The van der Waals surface area contributed by atoms with Gasteiger partial charge >= 0.3 is 19.8 Å². The van der Waals surface area contributed by atoms with Gasteiger partial charge < -0.3 is 24.6 Å². The van der Waals surface area contributed by atoms with Gasteiger partial charge in [-0.1, -0.05) is 177 Å². The minimum absolute atomic E-state index is 0.162. The molecule has 10 nitrogen and oxygen atoms in total. The molecule has 0 amide bonds. The van der Waals surface area contributed by atoms with Crippen molar-refractivity contribution in [3.63, 3.8) is 0 Å². The highest BCUT2D eigenvalue weighted by atomic mass is 31.2. The molecule has 3 N–H and O–H groups in total. The van der Waals surface area contributed by atoms with Crippen LogP contribution in [0.3, 0.4) is 0 Å². The molecule has 0 spiro atoms. The monoisotopic (exact) mass is 881 g/mol. The van der Waals surface area contributed by atoms with Crippen molar-refractivity contribution in [2.75, 3.05) is 26.4 Å². The maximum absolute atomic E-state index is 12.6. The number of rotatable bonds is 45. The lowest BCUT2D eigenvalue weighted by molar-refractivity contribution is -0.161. The van der Waals surface area contributed by atoms with E-state index >= 15 is 0 Å². The summed E-state index contributed by atoms with van der Waals surface area (Å²) in [5, 5.41) is 18.4. The van der Waals surface area contributed by atoms with Gasteiger partial charge in [0.15, 0.2) is 6.10 Å². The largest absolute Gasteiger partial charge is 0.472 e. The standard InChI is InChI=1S/C50H89O10P/c1-3-5-7-9-11-13-15-17-19-20-21-22-23-24-25-26-28-29-31-33-35-37-39-41-49(53)57-45-48(46-59-61(55,56)58-44-47(52)43-51)60-50(54)42-40-38-36-34-32-30-27-18-16-14-12-10-8-6-4-2/h6,8,12,14-15,17-18,20-21,27,47-48,51-52H,3-5,7,9-11,13,16,19,22-26,28-46H2,1-2H3,(H,55,56)/b8-6-,14-12-,17-15-,21-20-,27-18-. The highest BCUT2D eigenvalue weighted by molar-refractivity contribution is 7.47. The van der Waals surface area contributed by atoms with Crippen molar-refractivity contribution in [2.45, 2.75) is 219 Å². The summed E-state index contributed by atoms with van der Waals surface area (Å²) >= 11 is 0. The summed E-state index contributed by atoms with van der Waals surface area (Å²) in [6, 6.07) is 0. The summed E-state index contributed by atoms with van der Waals surface area (Å²) in [5.41, 5.74) is 0. The van der Waals surface area contributed by atoms with Gasteiger partial charge in [-0.3, -0.25) is 18.6 Å². The average molecular weight is 881 g/mol. The van der Waals surface area contributed by atoms with Gasteiger partial charge in [-0.05, 0) is 77.0 Å². The van der Waals surface area contributed by atoms with Gasteiger partial charge in [-0.15, -0.1) is 0 Å². The van der Waals surface area contributed by atoms with Gasteiger partial charge in [0.2, 0.25) is 0 Å². The van der Waals surface area contributed by atoms with Crippen LogP contribution in [0, 0.1) is 0 Å². The summed E-state index contributed by atoms with van der Waals surface area (Å²) in [7, 11) is -4.63. The molecule has 61 heavy (non-hydrogen) atoms. The number of allylic oxidation sites excluding steroid dienone is 10. The SMILES string of the molecule is CC/C=C\C/C=C\C/C=C\CCCCCCCC(=O)OC(COC(=O)CCCCCCCCCCCCC/C=C\C/C=C\CCCCCCC)COP(=O)(O)OCC(O)CO. The summed E-state index contributed by atoms with van der Waals surface area (Å²) in [6.45, 7) is 2.25. The van der Waals surface area contributed by atoms with E-state index in [1.807, 2.05) is 0 Å². The van der Waals surface area contributed by atoms with Crippen LogP contribution >= 0.6 is 7.82 Å². The number of unbranched alkanes of at least 4 members (excludes halogenated alkanes) is 21. The molecular formula is C50H89O10P. The fourth-order valence-corrected chi connectivity index (χ4v) is 7.24. The van der Waals surface area contributed by atoms with E-state index in [4.69, 9.17) is 23.6 Å². The number of phosphoric ester groups is 1. The molecule has 0 aromatic rings. The normalized spacial score (nSPS) is 14.2. The quantitative estimate of drug-likeness (QED) is 0.0233. The summed E-state index contributed by atoms with van der Waals surface area (Å²) in [6.07, 6.45) is 51.9. The van der Waals surface area contributed by atoms with Crippen LogP contribution in [0.2, 0.25) is 0 Å². The molecule has 0 aliphatic rings. The first-order valence-electron chi connectivity index (χ1n) is 24.2. The third kappa shape index (κ3) is 45.5. The van der Waals surface area contributed by atoms with E-state index in [0.717, 1.165) is 77.0 Å². The molecule has 11 heteroatoms. The molecule has 0 bridgehead atoms. The van der Waals surface area contributed by atoms with Crippen LogP contribution in [0.4, 0.5) is 0 Å².